The number of aromatic nitrogens is 1. The Morgan fingerprint density at radius 2 is 2.05 bits per heavy atom. The molecule has 0 saturated carbocycles. The summed E-state index contributed by atoms with van der Waals surface area (Å²) in [6.45, 7) is 5.76. The molecule has 0 spiro atoms. The highest BCUT2D eigenvalue weighted by atomic mass is 35.5. The first kappa shape index (κ1) is 15.1. The molecule has 0 bridgehead atoms. The van der Waals surface area contributed by atoms with Crippen LogP contribution in [0.5, 0.6) is 11.6 Å². The molecule has 0 aliphatic carbocycles. The first-order chi connectivity index (χ1) is 9.60. The summed E-state index contributed by atoms with van der Waals surface area (Å²) in [5.74, 6) is 1.10. The Hall–Kier alpha value is -1.29. The van der Waals surface area contributed by atoms with Gasteiger partial charge in [-0.2, -0.15) is 0 Å². The number of nitrogens with zero attached hydrogens (tertiary/aromatic N) is 1. The van der Waals surface area contributed by atoms with Gasteiger partial charge in [0.15, 0.2) is 0 Å². The Morgan fingerprint density at radius 1 is 1.25 bits per heavy atom. The Bertz CT molecular complexity index is 602. The highest BCUT2D eigenvalue weighted by molar-refractivity contribution is 6.35. The van der Waals surface area contributed by atoms with Crippen molar-refractivity contribution in [2.45, 2.75) is 20.4 Å². The molecule has 1 heterocycles. The number of halogens is 2. The van der Waals surface area contributed by atoms with Crippen LogP contribution in [0.3, 0.4) is 0 Å². The summed E-state index contributed by atoms with van der Waals surface area (Å²) in [6, 6.07) is 7.16. The fourth-order valence-electron chi connectivity index (χ4n) is 1.76. The van der Waals surface area contributed by atoms with Crippen LogP contribution in [0.1, 0.15) is 18.1 Å². The van der Waals surface area contributed by atoms with Crippen LogP contribution in [0.15, 0.2) is 30.5 Å². The van der Waals surface area contributed by atoms with Crippen molar-refractivity contribution in [3.63, 3.8) is 0 Å². The average molecular weight is 311 g/mol. The van der Waals surface area contributed by atoms with E-state index in [0.29, 0.717) is 21.7 Å². The van der Waals surface area contributed by atoms with Gasteiger partial charge in [0, 0.05) is 23.3 Å². The summed E-state index contributed by atoms with van der Waals surface area (Å²) < 4.78 is 5.73. The van der Waals surface area contributed by atoms with Crippen molar-refractivity contribution < 1.29 is 4.74 Å². The van der Waals surface area contributed by atoms with E-state index in [1.807, 2.05) is 6.92 Å². The first-order valence-corrected chi connectivity index (χ1v) is 7.15. The second kappa shape index (κ2) is 6.93. The molecule has 5 heteroatoms. The lowest BCUT2D eigenvalue weighted by Gasteiger charge is -2.10. The largest absolute Gasteiger partial charge is 0.437 e. The van der Waals surface area contributed by atoms with E-state index in [9.17, 15) is 0 Å². The molecule has 106 valence electrons. The van der Waals surface area contributed by atoms with Crippen molar-refractivity contribution in [2.75, 3.05) is 6.54 Å². The second-order valence-corrected chi connectivity index (χ2v) is 5.27. The maximum atomic E-state index is 6.08. The van der Waals surface area contributed by atoms with Crippen LogP contribution in [0, 0.1) is 6.92 Å². The van der Waals surface area contributed by atoms with Crippen LogP contribution in [0.2, 0.25) is 10.0 Å². The van der Waals surface area contributed by atoms with E-state index in [2.05, 4.69) is 23.3 Å². The molecule has 0 aliphatic heterocycles. The summed E-state index contributed by atoms with van der Waals surface area (Å²) in [6.07, 6.45) is 1.80. The zero-order valence-corrected chi connectivity index (χ0v) is 12.9. The third kappa shape index (κ3) is 3.85. The molecule has 0 unspecified atom stereocenters. The van der Waals surface area contributed by atoms with Crippen LogP contribution in [0.4, 0.5) is 0 Å². The molecular weight excluding hydrogens is 295 g/mol. The van der Waals surface area contributed by atoms with Gasteiger partial charge in [-0.1, -0.05) is 30.1 Å². The molecule has 0 radical (unpaired) electrons. The highest BCUT2D eigenvalue weighted by Gasteiger charge is 2.08. The first-order valence-electron chi connectivity index (χ1n) is 6.39. The molecule has 1 N–H and O–H groups in total. The average Bonchev–Trinajstić information content (AvgIpc) is 2.42. The number of hydrogen-bond acceptors (Lipinski definition) is 3. The zero-order valence-electron chi connectivity index (χ0n) is 11.4. The molecular formula is C15H16Cl2N2O. The van der Waals surface area contributed by atoms with Crippen LogP contribution < -0.4 is 10.1 Å². The molecule has 1 aromatic heterocycles. The van der Waals surface area contributed by atoms with E-state index in [-0.39, 0.29) is 0 Å². The van der Waals surface area contributed by atoms with Gasteiger partial charge in [-0.25, -0.2) is 4.98 Å². The van der Waals surface area contributed by atoms with Crippen LogP contribution in [-0.2, 0) is 6.54 Å². The fraction of sp³-hybridized carbons (Fsp3) is 0.267. The van der Waals surface area contributed by atoms with Crippen molar-refractivity contribution in [3.05, 3.63) is 51.6 Å². The van der Waals surface area contributed by atoms with Gasteiger partial charge < -0.3 is 10.1 Å². The Kier molecular flexibility index (Phi) is 5.24. The van der Waals surface area contributed by atoms with E-state index in [1.54, 1.807) is 24.4 Å². The van der Waals surface area contributed by atoms with Crippen molar-refractivity contribution in [3.8, 4) is 11.6 Å². The summed E-state index contributed by atoms with van der Waals surface area (Å²) in [5.41, 5.74) is 2.09. The highest BCUT2D eigenvalue weighted by Crippen LogP contribution is 2.32. The summed E-state index contributed by atoms with van der Waals surface area (Å²) >= 11 is 11.9. The van der Waals surface area contributed by atoms with Gasteiger partial charge in [-0.15, -0.1) is 0 Å². The SMILES string of the molecule is CCNCc1cnc(Oc2ccc(Cl)cc2Cl)c(C)c1. The minimum atomic E-state index is 0.468. The van der Waals surface area contributed by atoms with E-state index in [4.69, 9.17) is 27.9 Å². The van der Waals surface area contributed by atoms with Gasteiger partial charge in [-0.3, -0.25) is 0 Å². The van der Waals surface area contributed by atoms with Gasteiger partial charge in [-0.05, 0) is 43.3 Å². The summed E-state index contributed by atoms with van der Waals surface area (Å²) in [5, 5.41) is 4.30. The molecule has 0 fully saturated rings. The van der Waals surface area contributed by atoms with E-state index < -0.39 is 0 Å². The molecule has 0 atom stereocenters. The Labute approximate surface area is 128 Å². The Morgan fingerprint density at radius 3 is 2.70 bits per heavy atom. The fourth-order valence-corrected chi connectivity index (χ4v) is 2.20. The number of ether oxygens (including phenoxy) is 1. The third-order valence-corrected chi connectivity index (χ3v) is 3.30. The molecule has 0 amide bonds. The molecule has 2 rings (SSSR count). The van der Waals surface area contributed by atoms with Crippen molar-refractivity contribution >= 4 is 23.2 Å². The normalized spacial score (nSPS) is 10.6. The smallest absolute Gasteiger partial charge is 0.222 e. The standard InChI is InChI=1S/C15H16Cl2N2O/c1-3-18-8-11-6-10(2)15(19-9-11)20-14-5-4-12(16)7-13(14)17/h4-7,9,18H,3,8H2,1-2H3. The lowest BCUT2D eigenvalue weighted by atomic mass is 10.2. The van der Waals surface area contributed by atoms with Gasteiger partial charge in [0.25, 0.3) is 0 Å². The van der Waals surface area contributed by atoms with Crippen LogP contribution in [-0.4, -0.2) is 11.5 Å². The molecule has 3 nitrogen and oxygen atoms in total. The van der Waals surface area contributed by atoms with Crippen molar-refractivity contribution in [1.29, 1.82) is 0 Å². The maximum absolute atomic E-state index is 6.08. The zero-order chi connectivity index (χ0) is 14.5. The lowest BCUT2D eigenvalue weighted by Crippen LogP contribution is -2.12. The third-order valence-electron chi connectivity index (χ3n) is 2.77. The van der Waals surface area contributed by atoms with Gasteiger partial charge in [0.2, 0.25) is 5.88 Å². The topological polar surface area (TPSA) is 34.2 Å². The monoisotopic (exact) mass is 310 g/mol. The van der Waals surface area contributed by atoms with Crippen molar-refractivity contribution in [1.82, 2.24) is 10.3 Å². The predicted molar refractivity (Wildman–Crippen MR) is 82.9 cm³/mol. The molecule has 0 aliphatic rings. The number of benzene rings is 1. The minimum absolute atomic E-state index is 0.468. The van der Waals surface area contributed by atoms with Crippen molar-refractivity contribution in [2.24, 2.45) is 0 Å². The maximum Gasteiger partial charge on any atom is 0.222 e. The quantitative estimate of drug-likeness (QED) is 0.876. The predicted octanol–water partition coefficient (Wildman–Crippen LogP) is 4.60. The number of pyridine rings is 1. The van der Waals surface area contributed by atoms with Crippen LogP contribution >= 0.6 is 23.2 Å². The molecule has 0 saturated heterocycles. The lowest BCUT2D eigenvalue weighted by molar-refractivity contribution is 0.458. The minimum Gasteiger partial charge on any atom is -0.437 e. The number of aryl methyl sites for hydroxylation is 1. The second-order valence-electron chi connectivity index (χ2n) is 4.42. The molecule has 20 heavy (non-hydrogen) atoms. The van der Waals surface area contributed by atoms with Crippen LogP contribution in [0.25, 0.3) is 0 Å². The van der Waals surface area contributed by atoms with Gasteiger partial charge in [0.1, 0.15) is 5.75 Å². The summed E-state index contributed by atoms with van der Waals surface area (Å²) in [4.78, 5) is 4.34. The number of nitrogens with one attached hydrogen (secondary N) is 1. The number of hydrogen-bond donors (Lipinski definition) is 1. The Balaban J connectivity index is 2.17. The van der Waals surface area contributed by atoms with E-state index in [1.165, 1.54) is 0 Å². The van der Waals surface area contributed by atoms with E-state index >= 15 is 0 Å². The molecule has 1 aromatic carbocycles. The number of rotatable bonds is 5. The van der Waals surface area contributed by atoms with Gasteiger partial charge >= 0.3 is 0 Å². The summed E-state index contributed by atoms with van der Waals surface area (Å²) in [7, 11) is 0. The van der Waals surface area contributed by atoms with E-state index in [0.717, 1.165) is 24.2 Å². The molecule has 2 aromatic rings. The van der Waals surface area contributed by atoms with Gasteiger partial charge in [0.05, 0.1) is 5.02 Å².